The number of fused-ring (bicyclic) bond motifs is 2. The van der Waals surface area contributed by atoms with Gasteiger partial charge >= 0.3 is 11.7 Å². The number of rotatable bonds is 3. The average Bonchev–Trinajstić information content (AvgIpc) is 3.09. The van der Waals surface area contributed by atoms with Gasteiger partial charge in [-0.1, -0.05) is 30.3 Å². The van der Waals surface area contributed by atoms with Crippen molar-refractivity contribution in [3.05, 3.63) is 77.5 Å². The Morgan fingerprint density at radius 2 is 1.72 bits per heavy atom. The third kappa shape index (κ3) is 3.27. The van der Waals surface area contributed by atoms with E-state index in [4.69, 9.17) is 4.74 Å². The molecule has 2 N–H and O–H groups in total. The van der Waals surface area contributed by atoms with Crippen molar-refractivity contribution in [3.63, 3.8) is 0 Å². The summed E-state index contributed by atoms with van der Waals surface area (Å²) in [5.74, 6) is -1.21. The first-order valence-electron chi connectivity index (χ1n) is 10.3. The number of esters is 1. The highest BCUT2D eigenvalue weighted by Crippen LogP contribution is 2.48. The highest BCUT2D eigenvalue weighted by molar-refractivity contribution is 5.96. The van der Waals surface area contributed by atoms with Gasteiger partial charge in [-0.25, -0.2) is 14.8 Å². The molecular weight excluding hydrogens is 412 g/mol. The van der Waals surface area contributed by atoms with Crippen LogP contribution in [0.1, 0.15) is 41.7 Å². The Labute approximate surface area is 183 Å². The quantitative estimate of drug-likeness (QED) is 0.368. The molecule has 5 rings (SSSR count). The molecule has 2 aromatic heterocycles. The summed E-state index contributed by atoms with van der Waals surface area (Å²) in [5, 5.41) is 25.5. The number of anilines is 1. The lowest BCUT2D eigenvalue weighted by molar-refractivity contribution is -0.608. The van der Waals surface area contributed by atoms with E-state index in [0.29, 0.717) is 10.3 Å². The van der Waals surface area contributed by atoms with Gasteiger partial charge in [-0.05, 0) is 37.3 Å². The predicted molar refractivity (Wildman–Crippen MR) is 112 cm³/mol. The second kappa shape index (κ2) is 7.38. The van der Waals surface area contributed by atoms with E-state index in [0.717, 1.165) is 11.1 Å². The van der Waals surface area contributed by atoms with Crippen LogP contribution in [0.2, 0.25) is 0 Å². The van der Waals surface area contributed by atoms with Gasteiger partial charge in [0.15, 0.2) is 6.20 Å². The number of hydrogen-bond donors (Lipinski definition) is 2. The third-order valence-corrected chi connectivity index (χ3v) is 6.22. The molecule has 9 nitrogen and oxygen atoms in total. The van der Waals surface area contributed by atoms with Crippen molar-refractivity contribution in [1.29, 1.82) is 0 Å². The number of ether oxygens (including phenoxy) is 1. The fourth-order valence-electron chi connectivity index (χ4n) is 4.39. The van der Waals surface area contributed by atoms with E-state index in [2.05, 4.69) is 15.3 Å². The summed E-state index contributed by atoms with van der Waals surface area (Å²) in [7, 11) is 0. The number of nitrogens with zero attached hydrogens (tertiary/aromatic N) is 3. The predicted octanol–water partition coefficient (Wildman–Crippen LogP) is 2.09. The topological polar surface area (TPSA) is 128 Å². The van der Waals surface area contributed by atoms with E-state index in [1.165, 1.54) is 6.20 Å². The molecule has 32 heavy (non-hydrogen) atoms. The molecule has 0 saturated heterocycles. The van der Waals surface area contributed by atoms with Crippen molar-refractivity contribution >= 4 is 17.8 Å². The first kappa shape index (κ1) is 20.1. The maximum Gasteiger partial charge on any atom is 0.406 e. The molecule has 3 heterocycles. The molecule has 3 aromatic rings. The number of carbonyl (C=O) groups excluding carboxylic acids is 2. The number of pyridine rings is 1. The molecule has 1 aliphatic heterocycles. The zero-order chi connectivity index (χ0) is 22.3. The van der Waals surface area contributed by atoms with Crippen LogP contribution in [0.25, 0.3) is 11.1 Å². The Balaban J connectivity index is 1.29. The molecule has 0 radical (unpaired) electrons. The van der Waals surface area contributed by atoms with Gasteiger partial charge in [0, 0.05) is 24.0 Å². The maximum absolute atomic E-state index is 12.8. The van der Waals surface area contributed by atoms with Gasteiger partial charge < -0.3 is 15.1 Å². The molecule has 1 spiro atoms. The van der Waals surface area contributed by atoms with Gasteiger partial charge in [-0.15, -0.1) is 0 Å². The first-order valence-corrected chi connectivity index (χ1v) is 10.3. The standard InChI is InChI=1S/C23H20N4O5/c28-19-18-17(7-4-12-27(18)31)23(32-19)10-8-22(30,9-11-23)20(29)26-21-24-13-16(14-25-21)15-5-2-1-3-6-15/h1-7,12-14,30H,8-11H2,(H,24,25,26,29)/t22-,23-. The normalized spacial score (nSPS) is 24.1. The Morgan fingerprint density at radius 1 is 1.03 bits per heavy atom. The van der Waals surface area contributed by atoms with Crippen molar-refractivity contribution in [2.75, 3.05) is 5.32 Å². The van der Waals surface area contributed by atoms with Gasteiger partial charge in [0.25, 0.3) is 5.91 Å². The fraction of sp³-hybridized carbons (Fsp3) is 0.261. The van der Waals surface area contributed by atoms with Crippen LogP contribution >= 0.6 is 0 Å². The number of hydrogen-bond acceptors (Lipinski definition) is 7. The number of benzene rings is 1. The summed E-state index contributed by atoms with van der Waals surface area (Å²) in [6.07, 6.45) is 4.99. The number of amides is 1. The number of nitrogens with one attached hydrogen (secondary N) is 1. The molecular formula is C23H20N4O5. The molecule has 0 unspecified atom stereocenters. The molecule has 1 aromatic carbocycles. The maximum atomic E-state index is 12.8. The summed E-state index contributed by atoms with van der Waals surface area (Å²) in [6.45, 7) is 0. The zero-order valence-electron chi connectivity index (χ0n) is 17.0. The van der Waals surface area contributed by atoms with E-state index in [1.807, 2.05) is 30.3 Å². The minimum absolute atomic E-state index is 0.0331. The average molecular weight is 432 g/mol. The first-order chi connectivity index (χ1) is 15.4. The summed E-state index contributed by atoms with van der Waals surface area (Å²) in [5.41, 5.74) is -0.437. The molecule has 1 amide bonds. The minimum atomic E-state index is -1.66. The van der Waals surface area contributed by atoms with E-state index >= 15 is 0 Å². The van der Waals surface area contributed by atoms with Crippen LogP contribution in [0.15, 0.2) is 61.1 Å². The number of aromatic nitrogens is 3. The molecule has 2 aliphatic rings. The van der Waals surface area contributed by atoms with Crippen LogP contribution in [0, 0.1) is 5.21 Å². The SMILES string of the molecule is O=C1O[C@]2(CC[C@@](O)(C(=O)Nc3ncc(-c4ccccc4)cn3)CC2)c2ccc[n+]([O-])c21. The van der Waals surface area contributed by atoms with Gasteiger partial charge in [0.1, 0.15) is 11.2 Å². The van der Waals surface area contributed by atoms with Crippen molar-refractivity contribution < 1.29 is 24.2 Å². The van der Waals surface area contributed by atoms with Crippen LogP contribution in [0.5, 0.6) is 0 Å². The van der Waals surface area contributed by atoms with Crippen LogP contribution in [0.3, 0.4) is 0 Å². The van der Waals surface area contributed by atoms with Crippen LogP contribution in [0.4, 0.5) is 5.95 Å². The van der Waals surface area contributed by atoms with E-state index in [9.17, 15) is 19.9 Å². The molecule has 162 valence electrons. The molecule has 0 bridgehead atoms. The number of aliphatic hydroxyl groups is 1. The lowest BCUT2D eigenvalue weighted by Crippen LogP contribution is -2.49. The van der Waals surface area contributed by atoms with E-state index in [-0.39, 0.29) is 37.3 Å². The molecule has 1 fully saturated rings. The van der Waals surface area contributed by atoms with Crippen molar-refractivity contribution in [2.24, 2.45) is 0 Å². The molecule has 0 atom stereocenters. The largest absolute Gasteiger partial charge is 0.618 e. The van der Waals surface area contributed by atoms with E-state index < -0.39 is 23.1 Å². The second-order valence-corrected chi connectivity index (χ2v) is 8.13. The van der Waals surface area contributed by atoms with Crippen LogP contribution in [-0.2, 0) is 15.1 Å². The summed E-state index contributed by atoms with van der Waals surface area (Å²) >= 11 is 0. The van der Waals surface area contributed by atoms with Crippen molar-refractivity contribution in [2.45, 2.75) is 36.9 Å². The smallest absolute Gasteiger partial charge is 0.406 e. The summed E-state index contributed by atoms with van der Waals surface area (Å²) in [6, 6.07) is 12.8. The van der Waals surface area contributed by atoms with Gasteiger partial charge in [-0.2, -0.15) is 4.73 Å². The highest BCUT2D eigenvalue weighted by atomic mass is 16.6. The lowest BCUT2D eigenvalue weighted by atomic mass is 9.73. The molecule has 9 heteroatoms. The zero-order valence-corrected chi connectivity index (χ0v) is 17.0. The monoisotopic (exact) mass is 432 g/mol. The minimum Gasteiger partial charge on any atom is -0.618 e. The lowest BCUT2D eigenvalue weighted by Gasteiger charge is -2.39. The highest BCUT2D eigenvalue weighted by Gasteiger charge is 2.55. The Kier molecular flexibility index (Phi) is 4.63. The van der Waals surface area contributed by atoms with Gasteiger partial charge in [0.05, 0.1) is 5.56 Å². The van der Waals surface area contributed by atoms with Crippen LogP contribution < -0.4 is 10.0 Å². The number of carbonyl (C=O) groups is 2. The van der Waals surface area contributed by atoms with Crippen molar-refractivity contribution in [3.8, 4) is 11.1 Å². The Bertz CT molecular complexity index is 1190. The Morgan fingerprint density at radius 3 is 2.41 bits per heavy atom. The van der Waals surface area contributed by atoms with Crippen molar-refractivity contribution in [1.82, 2.24) is 9.97 Å². The third-order valence-electron chi connectivity index (χ3n) is 6.22. The van der Waals surface area contributed by atoms with E-state index in [1.54, 1.807) is 24.5 Å². The fourth-order valence-corrected chi connectivity index (χ4v) is 4.39. The van der Waals surface area contributed by atoms with Gasteiger partial charge in [0.2, 0.25) is 5.95 Å². The summed E-state index contributed by atoms with van der Waals surface area (Å²) in [4.78, 5) is 33.4. The van der Waals surface area contributed by atoms with Gasteiger partial charge in [-0.3, -0.25) is 10.1 Å². The molecule has 1 saturated carbocycles. The van der Waals surface area contributed by atoms with Crippen LogP contribution in [-0.4, -0.2) is 32.6 Å². The Hall–Kier alpha value is -3.85. The summed E-state index contributed by atoms with van der Waals surface area (Å²) < 4.78 is 6.06. The second-order valence-electron chi connectivity index (χ2n) is 8.13. The molecule has 1 aliphatic carbocycles.